The third-order valence-electron chi connectivity index (χ3n) is 6.98. The van der Waals surface area contributed by atoms with Crippen molar-refractivity contribution >= 4 is 28.5 Å². The molecule has 5 rings (SSSR count). The Balaban J connectivity index is 1.27. The van der Waals surface area contributed by atoms with E-state index >= 15 is 0 Å². The molecule has 0 aliphatic heterocycles. The summed E-state index contributed by atoms with van der Waals surface area (Å²) in [6, 6.07) is 12.1. The van der Waals surface area contributed by atoms with Crippen LogP contribution in [-0.2, 0) is 19.3 Å². The lowest BCUT2D eigenvalue weighted by atomic mass is 9.85. The zero-order valence-corrected chi connectivity index (χ0v) is 21.0. The molecule has 1 N–H and O–H groups in total. The number of aromatic nitrogens is 4. The molecule has 0 bridgehead atoms. The molecule has 1 aliphatic carbocycles. The fraction of sp³-hybridized carbons (Fsp3) is 0.333. The molecule has 4 aromatic rings. The van der Waals surface area contributed by atoms with Crippen LogP contribution in [0.2, 0.25) is 5.02 Å². The maximum Gasteiger partial charge on any atom is 0.434 e. The van der Waals surface area contributed by atoms with Crippen LogP contribution in [0.3, 0.4) is 0 Å². The third kappa shape index (κ3) is 5.45. The second-order valence-corrected chi connectivity index (χ2v) is 10.0. The van der Waals surface area contributed by atoms with E-state index < -0.39 is 23.3 Å². The number of carbonyl (C=O) groups excluding carboxylic acids is 1. The monoisotopic (exact) mass is 543 g/mol. The zero-order chi connectivity index (χ0) is 26.9. The lowest BCUT2D eigenvalue weighted by Gasteiger charge is -2.29. The van der Waals surface area contributed by atoms with Crippen molar-refractivity contribution in [2.45, 2.75) is 51.0 Å². The number of halogens is 4. The maximum absolute atomic E-state index is 13.4. The van der Waals surface area contributed by atoms with Gasteiger partial charge >= 0.3 is 11.9 Å². The first-order chi connectivity index (χ1) is 18.2. The highest BCUT2D eigenvalue weighted by atomic mass is 35.5. The van der Waals surface area contributed by atoms with Crippen molar-refractivity contribution in [3.8, 4) is 0 Å². The number of amides is 1. The Morgan fingerprint density at radius 2 is 1.74 bits per heavy atom. The largest absolute Gasteiger partial charge is 0.434 e. The molecule has 11 heteroatoms. The van der Waals surface area contributed by atoms with E-state index in [1.807, 2.05) is 36.4 Å². The number of pyridine rings is 2. The molecule has 0 spiro atoms. The fourth-order valence-electron chi connectivity index (χ4n) is 5.12. The smallest absolute Gasteiger partial charge is 0.349 e. The van der Waals surface area contributed by atoms with Crippen LogP contribution in [0.25, 0.3) is 11.0 Å². The summed E-state index contributed by atoms with van der Waals surface area (Å²) in [4.78, 5) is 33.6. The quantitative estimate of drug-likeness (QED) is 0.358. The van der Waals surface area contributed by atoms with Crippen molar-refractivity contribution in [3.63, 3.8) is 0 Å². The number of hydrogen-bond acceptors (Lipinski definition) is 4. The van der Waals surface area contributed by atoms with Crippen molar-refractivity contribution in [2.75, 3.05) is 0 Å². The SMILES string of the molecule is O=C(N[C@H]1CC[C@H](Cn2c(=O)n(Cc3cccnc3)c3ccccc32)CC1)c1cc(Cl)cnc1C(F)(F)F. The zero-order valence-electron chi connectivity index (χ0n) is 20.3. The highest BCUT2D eigenvalue weighted by Crippen LogP contribution is 2.32. The molecular formula is C27H25ClF3N5O2. The minimum absolute atomic E-state index is 0.0417. The molecule has 0 radical (unpaired) electrons. The number of alkyl halides is 3. The Morgan fingerprint density at radius 1 is 1.03 bits per heavy atom. The number of carbonyl (C=O) groups is 1. The van der Waals surface area contributed by atoms with Gasteiger partial charge in [-0.1, -0.05) is 29.8 Å². The Bertz CT molecular complexity index is 1510. The van der Waals surface area contributed by atoms with Gasteiger partial charge in [0.2, 0.25) is 0 Å². The molecule has 198 valence electrons. The number of fused-ring (bicyclic) bond motifs is 1. The van der Waals surface area contributed by atoms with Gasteiger partial charge in [0.15, 0.2) is 5.69 Å². The first-order valence-electron chi connectivity index (χ1n) is 12.3. The minimum Gasteiger partial charge on any atom is -0.349 e. The van der Waals surface area contributed by atoms with E-state index in [1.54, 1.807) is 21.5 Å². The van der Waals surface area contributed by atoms with Crippen LogP contribution in [0.15, 0.2) is 65.8 Å². The average molecular weight is 544 g/mol. The molecule has 38 heavy (non-hydrogen) atoms. The number of imidazole rings is 1. The van der Waals surface area contributed by atoms with Crippen molar-refractivity contribution in [3.05, 3.63) is 93.4 Å². The molecule has 1 fully saturated rings. The normalized spacial score (nSPS) is 18.0. The standard InChI is InChI=1S/C27H25ClF3N5O2/c28-19-12-21(24(33-14-19)27(29,30)31)25(37)34-20-9-7-17(8-10-20)15-35-22-5-1-2-6-23(22)36(26(35)38)16-18-4-3-11-32-13-18/h1-6,11-14,17,20H,7-10,15-16H2,(H,34,37)/t17-,20-. The minimum atomic E-state index is -4.77. The second kappa shape index (κ2) is 10.6. The molecule has 3 heterocycles. The third-order valence-corrected chi connectivity index (χ3v) is 7.19. The number of benzene rings is 1. The van der Waals surface area contributed by atoms with Crippen molar-refractivity contribution < 1.29 is 18.0 Å². The summed E-state index contributed by atoms with van der Waals surface area (Å²) in [6.07, 6.45) is 2.17. The van der Waals surface area contributed by atoms with Crippen LogP contribution >= 0.6 is 11.6 Å². The van der Waals surface area contributed by atoms with Crippen LogP contribution in [-0.4, -0.2) is 31.1 Å². The van der Waals surface area contributed by atoms with Crippen molar-refractivity contribution in [1.29, 1.82) is 0 Å². The van der Waals surface area contributed by atoms with Crippen LogP contribution in [0.5, 0.6) is 0 Å². The molecular weight excluding hydrogens is 519 g/mol. The number of para-hydroxylation sites is 2. The van der Waals surface area contributed by atoms with Crippen LogP contribution in [0.4, 0.5) is 13.2 Å². The van der Waals surface area contributed by atoms with E-state index in [2.05, 4.69) is 15.3 Å². The molecule has 0 saturated heterocycles. The summed E-state index contributed by atoms with van der Waals surface area (Å²) >= 11 is 5.81. The van der Waals surface area contributed by atoms with Gasteiger partial charge in [-0.3, -0.25) is 18.9 Å². The van der Waals surface area contributed by atoms with Gasteiger partial charge in [-0.05, 0) is 61.4 Å². The lowest BCUT2D eigenvalue weighted by molar-refractivity contribution is -0.141. The van der Waals surface area contributed by atoms with Gasteiger partial charge < -0.3 is 5.32 Å². The van der Waals surface area contributed by atoms with Crippen LogP contribution in [0, 0.1) is 5.92 Å². The number of rotatable bonds is 6. The predicted octanol–water partition coefficient (Wildman–Crippen LogP) is 5.30. The van der Waals surface area contributed by atoms with Crippen LogP contribution < -0.4 is 11.0 Å². The predicted molar refractivity (Wildman–Crippen MR) is 137 cm³/mol. The topological polar surface area (TPSA) is 81.8 Å². The summed E-state index contributed by atoms with van der Waals surface area (Å²) < 4.78 is 43.5. The molecule has 0 unspecified atom stereocenters. The van der Waals surface area contributed by atoms with E-state index in [4.69, 9.17) is 11.6 Å². The summed E-state index contributed by atoms with van der Waals surface area (Å²) in [5.41, 5.74) is 0.689. The van der Waals surface area contributed by atoms with Gasteiger partial charge in [0.25, 0.3) is 5.91 Å². The molecule has 1 amide bonds. The van der Waals surface area contributed by atoms with E-state index in [-0.39, 0.29) is 22.7 Å². The Morgan fingerprint density at radius 3 is 2.39 bits per heavy atom. The first kappa shape index (κ1) is 26.0. The van der Waals surface area contributed by atoms with Crippen molar-refractivity contribution in [2.24, 2.45) is 5.92 Å². The summed E-state index contributed by atoms with van der Waals surface area (Å²) in [6.45, 7) is 0.938. The Hall–Kier alpha value is -3.66. The summed E-state index contributed by atoms with van der Waals surface area (Å²) in [5, 5.41) is 2.67. The van der Waals surface area contributed by atoms with Gasteiger partial charge in [0, 0.05) is 31.2 Å². The summed E-state index contributed by atoms with van der Waals surface area (Å²) in [5.74, 6) is -0.650. The first-order valence-corrected chi connectivity index (χ1v) is 12.7. The lowest BCUT2D eigenvalue weighted by Crippen LogP contribution is -2.39. The van der Waals surface area contributed by atoms with E-state index in [0.29, 0.717) is 25.9 Å². The Labute approximate surface area is 221 Å². The van der Waals surface area contributed by atoms with E-state index in [9.17, 15) is 22.8 Å². The molecule has 7 nitrogen and oxygen atoms in total. The van der Waals surface area contributed by atoms with Gasteiger partial charge in [-0.2, -0.15) is 13.2 Å². The van der Waals surface area contributed by atoms with Gasteiger partial charge in [0.1, 0.15) is 0 Å². The second-order valence-electron chi connectivity index (χ2n) is 9.57. The number of nitrogens with one attached hydrogen (secondary N) is 1. The maximum atomic E-state index is 13.4. The molecule has 0 atom stereocenters. The number of hydrogen-bond donors (Lipinski definition) is 1. The fourth-order valence-corrected chi connectivity index (χ4v) is 5.28. The molecule has 3 aromatic heterocycles. The van der Waals surface area contributed by atoms with E-state index in [1.165, 1.54) is 0 Å². The average Bonchev–Trinajstić information content (AvgIpc) is 3.15. The molecule has 1 saturated carbocycles. The van der Waals surface area contributed by atoms with Gasteiger partial charge in [-0.15, -0.1) is 0 Å². The van der Waals surface area contributed by atoms with Crippen LogP contribution in [0.1, 0.15) is 47.3 Å². The number of nitrogens with zero attached hydrogens (tertiary/aromatic N) is 4. The van der Waals surface area contributed by atoms with Gasteiger partial charge in [-0.25, -0.2) is 9.78 Å². The van der Waals surface area contributed by atoms with E-state index in [0.717, 1.165) is 41.7 Å². The molecule has 1 aromatic carbocycles. The van der Waals surface area contributed by atoms with Gasteiger partial charge in [0.05, 0.1) is 28.2 Å². The molecule has 1 aliphatic rings. The highest BCUT2D eigenvalue weighted by molar-refractivity contribution is 6.30. The highest BCUT2D eigenvalue weighted by Gasteiger charge is 2.38. The summed E-state index contributed by atoms with van der Waals surface area (Å²) in [7, 11) is 0. The Kier molecular flexibility index (Phi) is 7.25. The van der Waals surface area contributed by atoms with Crippen molar-refractivity contribution in [1.82, 2.24) is 24.4 Å².